The zero-order valence-electron chi connectivity index (χ0n) is 37.1. The van der Waals surface area contributed by atoms with Gasteiger partial charge in [-0.3, -0.25) is 0 Å². The molecule has 0 spiro atoms. The number of anilines is 2. The van der Waals surface area contributed by atoms with E-state index in [1.807, 2.05) is 0 Å². The van der Waals surface area contributed by atoms with Crippen molar-refractivity contribution in [2.24, 2.45) is 0 Å². The van der Waals surface area contributed by atoms with Crippen molar-refractivity contribution in [1.29, 1.82) is 0 Å². The van der Waals surface area contributed by atoms with Crippen LogP contribution in [0.4, 0.5) is 11.4 Å². The molecule has 1 saturated carbocycles. The average Bonchev–Trinajstić information content (AvgIpc) is 4.02. The Morgan fingerprint density at radius 1 is 0.373 bits per heavy atom. The Kier molecular flexibility index (Phi) is 8.67. The van der Waals surface area contributed by atoms with Crippen LogP contribution < -0.4 is 4.90 Å². The van der Waals surface area contributed by atoms with Crippen LogP contribution in [0.25, 0.3) is 77.2 Å². The van der Waals surface area contributed by atoms with Gasteiger partial charge >= 0.3 is 0 Å². The summed E-state index contributed by atoms with van der Waals surface area (Å²) in [4.78, 5) is 2.48. The molecule has 14 rings (SSSR count). The van der Waals surface area contributed by atoms with Crippen LogP contribution in [0.2, 0.25) is 0 Å². The minimum atomic E-state index is 0.389. The maximum Gasteiger partial charge on any atom is 0.0541 e. The summed E-state index contributed by atoms with van der Waals surface area (Å²) in [5.74, 6) is 1.33. The first-order valence-corrected chi connectivity index (χ1v) is 23.9. The molecule has 318 valence electrons. The Labute approximate surface area is 390 Å². The second kappa shape index (κ2) is 15.2. The largest absolute Gasteiger partial charge is 0.313 e. The van der Waals surface area contributed by atoms with Gasteiger partial charge in [0, 0.05) is 55.9 Å². The van der Waals surface area contributed by atoms with Crippen LogP contribution >= 0.6 is 0 Å². The van der Waals surface area contributed by atoms with E-state index in [1.54, 1.807) is 0 Å². The topological polar surface area (TPSA) is 13.1 Å². The van der Waals surface area contributed by atoms with Crippen LogP contribution in [-0.4, -0.2) is 9.13 Å². The molecule has 0 bridgehead atoms. The molecule has 11 aromatic rings. The maximum atomic E-state index is 2.56. The first-order chi connectivity index (χ1) is 33.2. The van der Waals surface area contributed by atoms with E-state index in [0.29, 0.717) is 17.8 Å². The highest BCUT2D eigenvalue weighted by atomic mass is 15.2. The van der Waals surface area contributed by atoms with E-state index in [9.17, 15) is 0 Å². The van der Waals surface area contributed by atoms with E-state index in [0.717, 1.165) is 19.3 Å². The number of allylic oxidation sites excluding steroid dienone is 4. The second-order valence-corrected chi connectivity index (χ2v) is 18.8. The lowest BCUT2D eigenvalue weighted by atomic mass is 9.68. The molecule has 0 N–H and O–H groups in total. The van der Waals surface area contributed by atoms with Crippen molar-refractivity contribution >= 4 is 55.0 Å². The van der Waals surface area contributed by atoms with Crippen molar-refractivity contribution in [3.63, 3.8) is 0 Å². The highest BCUT2D eigenvalue weighted by Gasteiger charge is 2.38. The Morgan fingerprint density at radius 3 is 1.49 bits per heavy atom. The zero-order chi connectivity index (χ0) is 44.0. The predicted octanol–water partition coefficient (Wildman–Crippen LogP) is 17.0. The van der Waals surface area contributed by atoms with Crippen molar-refractivity contribution < 1.29 is 0 Å². The second-order valence-electron chi connectivity index (χ2n) is 18.8. The molecule has 0 amide bonds. The SMILES string of the molecule is C1=CCC2C(=C1)N(c1ccccc1)c1ccc(C3CC(c4cc(-n5c6ccccc6c6cc(-c7ccccc7)ccc65)cc(-n5c6ccccc6c6cc(-c7ccccc7)ccc65)c4)C3)cc12. The van der Waals surface area contributed by atoms with Gasteiger partial charge in [0.2, 0.25) is 0 Å². The molecule has 3 aliphatic rings. The van der Waals surface area contributed by atoms with Crippen molar-refractivity contribution in [3.05, 3.63) is 253 Å². The van der Waals surface area contributed by atoms with Gasteiger partial charge in [-0.05, 0) is 149 Å². The summed E-state index contributed by atoms with van der Waals surface area (Å²) >= 11 is 0. The van der Waals surface area contributed by atoms with E-state index in [4.69, 9.17) is 0 Å². The summed E-state index contributed by atoms with van der Waals surface area (Å²) in [6.07, 6.45) is 10.2. The first-order valence-electron chi connectivity index (χ1n) is 23.9. The van der Waals surface area contributed by atoms with Crippen molar-refractivity contribution in [1.82, 2.24) is 9.13 Å². The first kappa shape index (κ1) is 38.2. The number of benzene rings is 9. The molecule has 3 nitrogen and oxygen atoms in total. The molecule has 9 aromatic carbocycles. The molecule has 3 heteroatoms. The van der Waals surface area contributed by atoms with Gasteiger partial charge in [-0.15, -0.1) is 0 Å². The monoisotopic (exact) mass is 857 g/mol. The lowest BCUT2D eigenvalue weighted by Crippen LogP contribution is -2.21. The number of fused-ring (bicyclic) bond motifs is 9. The molecule has 2 aromatic heterocycles. The summed E-state index contributed by atoms with van der Waals surface area (Å²) in [7, 11) is 0. The number of hydrogen-bond acceptors (Lipinski definition) is 1. The number of hydrogen-bond donors (Lipinski definition) is 0. The summed E-state index contributed by atoms with van der Waals surface area (Å²) in [6, 6.07) is 79.2. The van der Waals surface area contributed by atoms with Gasteiger partial charge in [0.1, 0.15) is 0 Å². The smallest absolute Gasteiger partial charge is 0.0541 e. The Balaban J connectivity index is 0.909. The summed E-state index contributed by atoms with van der Waals surface area (Å²) < 4.78 is 5.04. The summed E-state index contributed by atoms with van der Waals surface area (Å²) in [5.41, 5.74) is 20.5. The van der Waals surface area contributed by atoms with Crippen LogP contribution in [0.3, 0.4) is 0 Å². The van der Waals surface area contributed by atoms with Gasteiger partial charge in [0.05, 0.1) is 22.1 Å². The molecule has 2 aliphatic carbocycles. The minimum absolute atomic E-state index is 0.389. The third-order valence-electron chi connectivity index (χ3n) is 15.2. The molecule has 1 unspecified atom stereocenters. The Hall–Kier alpha value is -8.14. The third-order valence-corrected chi connectivity index (χ3v) is 15.2. The van der Waals surface area contributed by atoms with Gasteiger partial charge in [-0.2, -0.15) is 0 Å². The summed E-state index contributed by atoms with van der Waals surface area (Å²) in [6.45, 7) is 0. The fraction of sp³-hybridized carbons (Fsp3) is 0.0938. The molecule has 0 radical (unpaired) electrons. The van der Waals surface area contributed by atoms with Gasteiger partial charge in [0.15, 0.2) is 0 Å². The lowest BCUT2D eigenvalue weighted by Gasteiger charge is -2.37. The van der Waals surface area contributed by atoms with Crippen LogP contribution in [0.5, 0.6) is 0 Å². The summed E-state index contributed by atoms with van der Waals surface area (Å²) in [5, 5.41) is 5.08. The molecule has 0 saturated heterocycles. The maximum absolute atomic E-state index is 2.56. The zero-order valence-corrected chi connectivity index (χ0v) is 37.1. The van der Waals surface area contributed by atoms with Crippen molar-refractivity contribution in [2.45, 2.75) is 37.0 Å². The third kappa shape index (κ3) is 6.11. The fourth-order valence-electron chi connectivity index (χ4n) is 11.8. The average molecular weight is 858 g/mol. The van der Waals surface area contributed by atoms with Crippen LogP contribution in [0, 0.1) is 0 Å². The molecule has 1 atom stereocenters. The molecular formula is C64H47N3. The molecular weight excluding hydrogens is 811 g/mol. The van der Waals surface area contributed by atoms with Crippen molar-refractivity contribution in [3.8, 4) is 33.6 Å². The van der Waals surface area contributed by atoms with Crippen LogP contribution in [0.15, 0.2) is 236 Å². The predicted molar refractivity (Wildman–Crippen MR) is 280 cm³/mol. The van der Waals surface area contributed by atoms with Crippen LogP contribution in [0.1, 0.15) is 53.7 Å². The Morgan fingerprint density at radius 2 is 0.896 bits per heavy atom. The van der Waals surface area contributed by atoms with E-state index in [-0.39, 0.29) is 0 Å². The van der Waals surface area contributed by atoms with E-state index in [2.05, 4.69) is 245 Å². The van der Waals surface area contributed by atoms with E-state index in [1.165, 1.54) is 111 Å². The minimum Gasteiger partial charge on any atom is -0.313 e. The quantitative estimate of drug-likeness (QED) is 0.156. The number of nitrogens with zero attached hydrogens (tertiary/aromatic N) is 3. The number of aromatic nitrogens is 2. The van der Waals surface area contributed by atoms with Gasteiger partial charge in [-0.1, -0.05) is 152 Å². The van der Waals surface area contributed by atoms with Crippen molar-refractivity contribution in [2.75, 3.05) is 4.90 Å². The highest BCUT2D eigenvalue weighted by molar-refractivity contribution is 6.12. The fourth-order valence-corrected chi connectivity index (χ4v) is 11.8. The molecule has 67 heavy (non-hydrogen) atoms. The van der Waals surface area contributed by atoms with E-state index >= 15 is 0 Å². The molecule has 1 aliphatic heterocycles. The van der Waals surface area contributed by atoms with E-state index < -0.39 is 0 Å². The lowest BCUT2D eigenvalue weighted by molar-refractivity contribution is 0.351. The number of rotatable bonds is 7. The molecule has 3 heterocycles. The normalized spacial score (nSPS) is 17.5. The Bertz CT molecular complexity index is 3610. The number of para-hydroxylation sites is 3. The standard InChI is InChI=1S/C64H47N3/c1-4-16-42(17-5-1)44-28-31-63-56(38-44)54-23-11-14-26-60(54)66(63)51-36-49(37-52(41-51)67-61-27-15-12-24-55(61)57-39-45(29-32-64(57)67)43-18-6-2-7-19-43)48-34-47(35-48)46-30-33-62-58(40-46)53-22-10-13-25-59(53)65(62)50-20-8-3-9-21-50/h1-21,23-33,36-41,47-48,53H,22,34-35H2. The molecule has 1 fully saturated rings. The van der Waals surface area contributed by atoms with Gasteiger partial charge < -0.3 is 14.0 Å². The van der Waals surface area contributed by atoms with Gasteiger partial charge in [0.25, 0.3) is 0 Å². The van der Waals surface area contributed by atoms with Crippen LogP contribution in [-0.2, 0) is 0 Å². The highest BCUT2D eigenvalue weighted by Crippen LogP contribution is 2.54. The van der Waals surface area contributed by atoms with Gasteiger partial charge in [-0.25, -0.2) is 0 Å².